The third-order valence-corrected chi connectivity index (χ3v) is 5.79. The van der Waals surface area contributed by atoms with Crippen LogP contribution in [-0.2, 0) is 10.2 Å². The van der Waals surface area contributed by atoms with Crippen molar-refractivity contribution in [3.05, 3.63) is 66.0 Å². The molecule has 1 unspecified atom stereocenters. The SMILES string of the molecule is O=C(N1CCCC1c1nc(-c2cccnc2)n[nH]1)C1(c2cccc(F)c2)CC1. The van der Waals surface area contributed by atoms with Crippen molar-refractivity contribution in [1.29, 1.82) is 0 Å². The van der Waals surface area contributed by atoms with Gasteiger partial charge in [-0.05, 0) is 55.5 Å². The average molecular weight is 377 g/mol. The molecule has 1 saturated carbocycles. The van der Waals surface area contributed by atoms with Gasteiger partial charge in [-0.25, -0.2) is 9.37 Å². The second kappa shape index (κ2) is 6.51. The first-order valence-corrected chi connectivity index (χ1v) is 9.57. The zero-order valence-corrected chi connectivity index (χ0v) is 15.3. The van der Waals surface area contributed by atoms with Crippen LogP contribution in [0, 0.1) is 5.82 Å². The van der Waals surface area contributed by atoms with E-state index in [-0.39, 0.29) is 17.8 Å². The van der Waals surface area contributed by atoms with E-state index in [1.165, 1.54) is 12.1 Å². The van der Waals surface area contributed by atoms with Gasteiger partial charge in [-0.3, -0.25) is 14.9 Å². The number of benzene rings is 1. The van der Waals surface area contributed by atoms with Gasteiger partial charge in [-0.2, -0.15) is 5.10 Å². The summed E-state index contributed by atoms with van der Waals surface area (Å²) in [5.41, 5.74) is 1.02. The predicted octanol–water partition coefficient (Wildman–Crippen LogP) is 3.40. The van der Waals surface area contributed by atoms with Gasteiger partial charge in [0.05, 0.1) is 11.5 Å². The molecule has 5 rings (SSSR count). The lowest BCUT2D eigenvalue weighted by atomic mass is 9.94. The van der Waals surface area contributed by atoms with Crippen molar-refractivity contribution >= 4 is 5.91 Å². The van der Waals surface area contributed by atoms with E-state index in [2.05, 4.69) is 20.2 Å². The van der Waals surface area contributed by atoms with Gasteiger partial charge in [0.1, 0.15) is 11.6 Å². The normalized spacial score (nSPS) is 20.3. The molecule has 1 N–H and O–H groups in total. The Bertz CT molecular complexity index is 1010. The van der Waals surface area contributed by atoms with E-state index in [0.29, 0.717) is 18.2 Å². The van der Waals surface area contributed by atoms with Crippen molar-refractivity contribution in [2.45, 2.75) is 37.1 Å². The molecule has 2 aliphatic rings. The Labute approximate surface area is 161 Å². The van der Waals surface area contributed by atoms with E-state index in [9.17, 15) is 9.18 Å². The van der Waals surface area contributed by atoms with Crippen LogP contribution in [0.3, 0.4) is 0 Å². The number of aromatic amines is 1. The summed E-state index contributed by atoms with van der Waals surface area (Å²) in [5.74, 6) is 1.04. The van der Waals surface area contributed by atoms with E-state index in [0.717, 1.165) is 36.8 Å². The molecule has 7 heteroatoms. The number of likely N-dealkylation sites (tertiary alicyclic amines) is 1. The van der Waals surface area contributed by atoms with Crippen LogP contribution in [0.2, 0.25) is 0 Å². The highest BCUT2D eigenvalue weighted by molar-refractivity contribution is 5.91. The van der Waals surface area contributed by atoms with Crippen LogP contribution in [-0.4, -0.2) is 37.5 Å². The quantitative estimate of drug-likeness (QED) is 0.756. The first-order valence-electron chi connectivity index (χ1n) is 9.57. The van der Waals surface area contributed by atoms with Gasteiger partial charge >= 0.3 is 0 Å². The molecular formula is C21H20FN5O. The summed E-state index contributed by atoms with van der Waals surface area (Å²) in [5, 5.41) is 7.32. The summed E-state index contributed by atoms with van der Waals surface area (Å²) in [7, 11) is 0. The summed E-state index contributed by atoms with van der Waals surface area (Å²) in [4.78, 5) is 24.1. The summed E-state index contributed by atoms with van der Waals surface area (Å²) in [6.07, 6.45) is 6.69. The van der Waals surface area contributed by atoms with Crippen molar-refractivity contribution in [2.24, 2.45) is 0 Å². The fourth-order valence-corrected chi connectivity index (χ4v) is 4.15. The molecule has 1 atom stereocenters. The van der Waals surface area contributed by atoms with Crippen LogP contribution in [0.25, 0.3) is 11.4 Å². The highest BCUT2D eigenvalue weighted by atomic mass is 19.1. The highest BCUT2D eigenvalue weighted by Gasteiger charge is 2.54. The van der Waals surface area contributed by atoms with Crippen molar-refractivity contribution < 1.29 is 9.18 Å². The Kier molecular flexibility index (Phi) is 3.96. The molecule has 1 aliphatic carbocycles. The number of carbonyl (C=O) groups is 1. The number of pyridine rings is 1. The Morgan fingerprint density at radius 3 is 2.89 bits per heavy atom. The van der Waals surface area contributed by atoms with Gasteiger partial charge < -0.3 is 4.90 Å². The Balaban J connectivity index is 1.42. The molecule has 1 saturated heterocycles. The number of nitrogens with one attached hydrogen (secondary N) is 1. The average Bonchev–Trinajstić information content (AvgIpc) is 3.15. The van der Waals surface area contributed by atoms with Crippen LogP contribution in [0.1, 0.15) is 43.1 Å². The summed E-state index contributed by atoms with van der Waals surface area (Å²) >= 11 is 0. The van der Waals surface area contributed by atoms with Gasteiger partial charge in [-0.15, -0.1) is 0 Å². The maximum atomic E-state index is 13.7. The monoisotopic (exact) mass is 377 g/mol. The highest BCUT2D eigenvalue weighted by Crippen LogP contribution is 2.51. The minimum absolute atomic E-state index is 0.0694. The molecule has 1 amide bonds. The van der Waals surface area contributed by atoms with Gasteiger partial charge in [-0.1, -0.05) is 12.1 Å². The van der Waals surface area contributed by atoms with Crippen molar-refractivity contribution in [1.82, 2.24) is 25.1 Å². The lowest BCUT2D eigenvalue weighted by Gasteiger charge is -2.28. The number of nitrogens with zero attached hydrogens (tertiary/aromatic N) is 4. The molecule has 3 aromatic rings. The Morgan fingerprint density at radius 1 is 1.25 bits per heavy atom. The second-order valence-corrected chi connectivity index (χ2v) is 7.53. The number of amides is 1. The molecule has 1 aromatic carbocycles. The first-order chi connectivity index (χ1) is 13.7. The largest absolute Gasteiger partial charge is 0.332 e. The maximum Gasteiger partial charge on any atom is 0.233 e. The zero-order chi connectivity index (χ0) is 19.1. The lowest BCUT2D eigenvalue weighted by Crippen LogP contribution is -2.39. The number of carbonyl (C=O) groups excluding carboxylic acids is 1. The van der Waals surface area contributed by atoms with Crippen molar-refractivity contribution in [3.8, 4) is 11.4 Å². The molecule has 0 spiro atoms. The second-order valence-electron chi connectivity index (χ2n) is 7.53. The van der Waals surface area contributed by atoms with Crippen LogP contribution >= 0.6 is 0 Å². The fraction of sp³-hybridized carbons (Fsp3) is 0.333. The van der Waals surface area contributed by atoms with Crippen molar-refractivity contribution in [3.63, 3.8) is 0 Å². The number of rotatable bonds is 4. The van der Waals surface area contributed by atoms with E-state index in [4.69, 9.17) is 0 Å². The predicted molar refractivity (Wildman–Crippen MR) is 101 cm³/mol. The smallest absolute Gasteiger partial charge is 0.233 e. The Morgan fingerprint density at radius 2 is 2.14 bits per heavy atom. The minimum atomic E-state index is -0.586. The molecule has 0 radical (unpaired) electrons. The number of hydrogen-bond acceptors (Lipinski definition) is 4. The first kappa shape index (κ1) is 17.0. The maximum absolute atomic E-state index is 13.7. The number of aromatic nitrogens is 4. The molecular weight excluding hydrogens is 357 g/mol. The lowest BCUT2D eigenvalue weighted by molar-refractivity contribution is -0.135. The van der Waals surface area contributed by atoms with Gasteiger partial charge in [0.25, 0.3) is 0 Å². The van der Waals surface area contributed by atoms with E-state index in [1.54, 1.807) is 18.5 Å². The number of hydrogen-bond donors (Lipinski definition) is 1. The third kappa shape index (κ3) is 2.78. The van der Waals surface area contributed by atoms with Crippen LogP contribution < -0.4 is 0 Å². The van der Waals surface area contributed by atoms with Gasteiger partial charge in [0, 0.05) is 24.5 Å². The zero-order valence-electron chi connectivity index (χ0n) is 15.3. The summed E-state index contributed by atoms with van der Waals surface area (Å²) in [6, 6.07) is 10.1. The molecule has 2 aromatic heterocycles. The number of halogens is 1. The van der Waals surface area contributed by atoms with Gasteiger partial charge in [0.15, 0.2) is 5.82 Å². The fourth-order valence-electron chi connectivity index (χ4n) is 4.15. The Hall–Kier alpha value is -3.09. The van der Waals surface area contributed by atoms with E-state index >= 15 is 0 Å². The molecule has 6 nitrogen and oxygen atoms in total. The number of H-pyrrole nitrogens is 1. The molecule has 28 heavy (non-hydrogen) atoms. The molecule has 3 heterocycles. The summed E-state index contributed by atoms with van der Waals surface area (Å²) in [6.45, 7) is 0.684. The van der Waals surface area contributed by atoms with Crippen molar-refractivity contribution in [2.75, 3.05) is 6.54 Å². The minimum Gasteiger partial charge on any atom is -0.332 e. The topological polar surface area (TPSA) is 74.8 Å². The third-order valence-electron chi connectivity index (χ3n) is 5.79. The summed E-state index contributed by atoms with van der Waals surface area (Å²) < 4.78 is 13.7. The van der Waals surface area contributed by atoms with E-state index in [1.807, 2.05) is 23.1 Å². The molecule has 1 aliphatic heterocycles. The van der Waals surface area contributed by atoms with Crippen LogP contribution in [0.15, 0.2) is 48.8 Å². The van der Waals surface area contributed by atoms with Gasteiger partial charge in [0.2, 0.25) is 5.91 Å². The molecule has 2 fully saturated rings. The molecule has 142 valence electrons. The molecule has 0 bridgehead atoms. The van der Waals surface area contributed by atoms with Crippen LogP contribution in [0.4, 0.5) is 4.39 Å². The standard InChI is InChI=1S/C21H20FN5O/c22-16-6-1-5-15(12-16)21(8-9-21)20(28)27-11-3-7-17(27)19-24-18(25-26-19)14-4-2-10-23-13-14/h1-2,4-6,10,12-13,17H,3,7-9,11H2,(H,24,25,26). The van der Waals surface area contributed by atoms with E-state index < -0.39 is 5.41 Å². The van der Waals surface area contributed by atoms with Crippen LogP contribution in [0.5, 0.6) is 0 Å².